The summed E-state index contributed by atoms with van der Waals surface area (Å²) in [6.45, 7) is 2.13. The highest BCUT2D eigenvalue weighted by Gasteiger charge is 2.07. The molecule has 1 aromatic carbocycles. The largest absolute Gasteiger partial charge is 0.495 e. The number of rotatable bonds is 4. The van der Waals surface area contributed by atoms with Gasteiger partial charge in [-0.3, -0.25) is 0 Å². The number of nitrogens with one attached hydrogen (secondary N) is 1. The molecule has 1 atom stereocenters. The van der Waals surface area contributed by atoms with Crippen LogP contribution in [0.5, 0.6) is 5.75 Å². The van der Waals surface area contributed by atoms with Crippen molar-refractivity contribution in [1.29, 1.82) is 0 Å². The van der Waals surface area contributed by atoms with Gasteiger partial charge in [0.2, 0.25) is 0 Å². The molecule has 0 saturated carbocycles. The monoisotopic (exact) mass is 248 g/mol. The van der Waals surface area contributed by atoms with Gasteiger partial charge in [0, 0.05) is 16.6 Å². The summed E-state index contributed by atoms with van der Waals surface area (Å²) in [5.41, 5.74) is 7.44. The van der Waals surface area contributed by atoms with Crippen molar-refractivity contribution in [3.05, 3.63) is 40.6 Å². The average Bonchev–Trinajstić information content (AvgIpc) is 2.85. The van der Waals surface area contributed by atoms with E-state index in [1.807, 2.05) is 18.2 Å². The summed E-state index contributed by atoms with van der Waals surface area (Å²) in [5.74, 6) is 0.702. The van der Waals surface area contributed by atoms with Crippen molar-refractivity contribution in [3.63, 3.8) is 0 Å². The first-order chi connectivity index (χ1) is 8.20. The van der Waals surface area contributed by atoms with Crippen LogP contribution in [-0.2, 0) is 0 Å². The number of hydrogen-bond acceptors (Lipinski definition) is 4. The number of nitrogen functional groups attached to an aromatic ring is 1. The molecule has 0 spiro atoms. The average molecular weight is 248 g/mol. The smallest absolute Gasteiger partial charge is 0.143 e. The third-order valence-electron chi connectivity index (χ3n) is 2.59. The van der Waals surface area contributed by atoms with Crippen LogP contribution >= 0.6 is 11.3 Å². The van der Waals surface area contributed by atoms with E-state index in [9.17, 15) is 0 Å². The van der Waals surface area contributed by atoms with Gasteiger partial charge in [0.25, 0.3) is 0 Å². The lowest BCUT2D eigenvalue weighted by molar-refractivity contribution is 0.417. The summed E-state index contributed by atoms with van der Waals surface area (Å²) in [6.07, 6.45) is 0. The van der Waals surface area contributed by atoms with E-state index in [0.717, 1.165) is 5.69 Å². The van der Waals surface area contributed by atoms with Crippen LogP contribution < -0.4 is 15.8 Å². The lowest BCUT2D eigenvalue weighted by Gasteiger charge is -2.15. The second-order valence-corrected chi connectivity index (χ2v) is 4.82. The fourth-order valence-electron chi connectivity index (χ4n) is 1.66. The van der Waals surface area contributed by atoms with Gasteiger partial charge < -0.3 is 15.8 Å². The Kier molecular flexibility index (Phi) is 3.54. The zero-order valence-corrected chi connectivity index (χ0v) is 10.8. The zero-order chi connectivity index (χ0) is 12.3. The van der Waals surface area contributed by atoms with Gasteiger partial charge >= 0.3 is 0 Å². The van der Waals surface area contributed by atoms with Crippen molar-refractivity contribution in [3.8, 4) is 5.75 Å². The van der Waals surface area contributed by atoms with Crippen LogP contribution in [-0.4, -0.2) is 7.11 Å². The molecule has 3 nitrogen and oxygen atoms in total. The molecule has 90 valence electrons. The Morgan fingerprint density at radius 3 is 2.82 bits per heavy atom. The van der Waals surface area contributed by atoms with Crippen molar-refractivity contribution in [2.24, 2.45) is 0 Å². The summed E-state index contributed by atoms with van der Waals surface area (Å²) in [6, 6.07) is 10.2. The summed E-state index contributed by atoms with van der Waals surface area (Å²) < 4.78 is 5.20. The lowest BCUT2D eigenvalue weighted by atomic mass is 10.2. The Morgan fingerprint density at radius 2 is 2.18 bits per heavy atom. The second-order valence-electron chi connectivity index (χ2n) is 3.84. The molecule has 2 rings (SSSR count). The van der Waals surface area contributed by atoms with Gasteiger partial charge in [0.05, 0.1) is 18.8 Å². The molecule has 1 heterocycles. The van der Waals surface area contributed by atoms with Crippen molar-refractivity contribution >= 4 is 22.7 Å². The van der Waals surface area contributed by atoms with Crippen LogP contribution in [0.4, 0.5) is 11.4 Å². The van der Waals surface area contributed by atoms with Crippen LogP contribution in [0.25, 0.3) is 0 Å². The molecular formula is C13H16N2OS. The van der Waals surface area contributed by atoms with Crippen LogP contribution in [0.3, 0.4) is 0 Å². The fourth-order valence-corrected chi connectivity index (χ4v) is 2.39. The molecule has 0 saturated heterocycles. The molecule has 3 N–H and O–H groups in total. The molecule has 0 aliphatic rings. The first-order valence-corrected chi connectivity index (χ1v) is 6.32. The van der Waals surface area contributed by atoms with Gasteiger partial charge in [0.15, 0.2) is 0 Å². The zero-order valence-electron chi connectivity index (χ0n) is 9.94. The highest BCUT2D eigenvalue weighted by atomic mass is 32.1. The number of methoxy groups -OCH3 is 1. The predicted molar refractivity (Wildman–Crippen MR) is 73.8 cm³/mol. The molecule has 0 bridgehead atoms. The molecule has 0 aliphatic heterocycles. The van der Waals surface area contributed by atoms with Gasteiger partial charge in [0.1, 0.15) is 5.75 Å². The Balaban J connectivity index is 2.13. The van der Waals surface area contributed by atoms with Gasteiger partial charge in [-0.15, -0.1) is 11.3 Å². The molecule has 1 aromatic heterocycles. The maximum Gasteiger partial charge on any atom is 0.143 e. The Bertz CT molecular complexity index is 482. The van der Waals surface area contributed by atoms with E-state index in [1.165, 1.54) is 4.88 Å². The van der Waals surface area contributed by atoms with Crippen LogP contribution in [0, 0.1) is 0 Å². The number of nitrogens with two attached hydrogens (primary N) is 1. The van der Waals surface area contributed by atoms with E-state index < -0.39 is 0 Å². The van der Waals surface area contributed by atoms with E-state index in [0.29, 0.717) is 11.4 Å². The first-order valence-electron chi connectivity index (χ1n) is 5.44. The molecule has 0 radical (unpaired) electrons. The van der Waals surface area contributed by atoms with E-state index in [-0.39, 0.29) is 6.04 Å². The number of anilines is 2. The summed E-state index contributed by atoms with van der Waals surface area (Å²) in [4.78, 5) is 1.31. The van der Waals surface area contributed by atoms with Gasteiger partial charge in [-0.25, -0.2) is 0 Å². The van der Waals surface area contributed by atoms with Crippen LogP contribution in [0.2, 0.25) is 0 Å². The number of thiophene rings is 1. The lowest BCUT2D eigenvalue weighted by Crippen LogP contribution is -2.05. The molecular weight excluding hydrogens is 232 g/mol. The van der Waals surface area contributed by atoms with Crippen molar-refractivity contribution in [2.75, 3.05) is 18.2 Å². The Hall–Kier alpha value is -1.68. The quantitative estimate of drug-likeness (QED) is 0.814. The van der Waals surface area contributed by atoms with Crippen molar-refractivity contribution < 1.29 is 4.74 Å². The third-order valence-corrected chi connectivity index (χ3v) is 3.64. The molecule has 17 heavy (non-hydrogen) atoms. The van der Waals surface area contributed by atoms with Crippen LogP contribution in [0.15, 0.2) is 35.7 Å². The standard InChI is InChI=1S/C13H16N2OS/c1-9(13-4-3-7-17-13)15-10-5-6-11(14)12(8-10)16-2/h3-9,15H,14H2,1-2H3. The summed E-state index contributed by atoms with van der Waals surface area (Å²) >= 11 is 1.74. The van der Waals surface area contributed by atoms with Gasteiger partial charge in [-0.1, -0.05) is 6.07 Å². The topological polar surface area (TPSA) is 47.3 Å². The van der Waals surface area contributed by atoms with Gasteiger partial charge in [-0.2, -0.15) is 0 Å². The van der Waals surface area contributed by atoms with Crippen LogP contribution in [0.1, 0.15) is 17.8 Å². The minimum Gasteiger partial charge on any atom is -0.495 e. The Labute approximate surface area is 105 Å². The molecule has 2 aromatic rings. The third kappa shape index (κ3) is 2.71. The van der Waals surface area contributed by atoms with E-state index in [4.69, 9.17) is 10.5 Å². The minimum absolute atomic E-state index is 0.281. The fraction of sp³-hybridized carbons (Fsp3) is 0.231. The maximum atomic E-state index is 5.77. The summed E-state index contributed by atoms with van der Waals surface area (Å²) in [7, 11) is 1.62. The summed E-state index contributed by atoms with van der Waals surface area (Å²) in [5, 5.41) is 5.50. The first kappa shape index (κ1) is 11.8. The van der Waals surface area contributed by atoms with Crippen molar-refractivity contribution in [2.45, 2.75) is 13.0 Å². The van der Waals surface area contributed by atoms with Crippen molar-refractivity contribution in [1.82, 2.24) is 0 Å². The molecule has 4 heteroatoms. The van der Waals surface area contributed by atoms with E-state index >= 15 is 0 Å². The molecule has 0 fully saturated rings. The molecule has 0 aliphatic carbocycles. The highest BCUT2D eigenvalue weighted by Crippen LogP contribution is 2.28. The molecule has 1 unspecified atom stereocenters. The normalized spacial score (nSPS) is 12.1. The SMILES string of the molecule is COc1cc(NC(C)c2cccs2)ccc1N. The Morgan fingerprint density at radius 1 is 1.35 bits per heavy atom. The number of benzene rings is 1. The van der Waals surface area contributed by atoms with Gasteiger partial charge in [-0.05, 0) is 30.5 Å². The maximum absolute atomic E-state index is 5.77. The predicted octanol–water partition coefficient (Wildman–Crippen LogP) is 3.51. The van der Waals surface area contributed by atoms with E-state index in [2.05, 4.69) is 29.8 Å². The number of ether oxygens (including phenoxy) is 1. The number of hydrogen-bond donors (Lipinski definition) is 2. The second kappa shape index (κ2) is 5.10. The molecule has 0 amide bonds. The highest BCUT2D eigenvalue weighted by molar-refractivity contribution is 7.10. The van der Waals surface area contributed by atoms with E-state index in [1.54, 1.807) is 18.4 Å². The minimum atomic E-state index is 0.281.